The molecule has 1 aliphatic rings. The van der Waals surface area contributed by atoms with Crippen LogP contribution in [0.3, 0.4) is 0 Å². The van der Waals surface area contributed by atoms with E-state index < -0.39 is 0 Å². The van der Waals surface area contributed by atoms with Crippen LogP contribution in [0.4, 0.5) is 0 Å². The van der Waals surface area contributed by atoms with Crippen molar-refractivity contribution in [2.45, 2.75) is 20.0 Å². The number of nitrogens with zero attached hydrogens (tertiary/aromatic N) is 3. The van der Waals surface area contributed by atoms with E-state index in [1.807, 2.05) is 13.8 Å². The summed E-state index contributed by atoms with van der Waals surface area (Å²) in [5.41, 5.74) is 1.14. The van der Waals surface area contributed by atoms with E-state index in [1.165, 1.54) is 6.20 Å². The smallest absolute Gasteiger partial charge is 0.255 e. The Bertz CT molecular complexity index is 811. The number of amides is 2. The number of hydrogen-bond acceptors (Lipinski definition) is 5. The Labute approximate surface area is 164 Å². The molecule has 0 saturated carbocycles. The number of aromatic nitrogens is 1. The molecule has 2 amide bonds. The van der Waals surface area contributed by atoms with E-state index in [9.17, 15) is 9.59 Å². The molecule has 1 aromatic carbocycles. The first-order valence-electron chi connectivity index (χ1n) is 9.33. The number of methoxy groups -OCH3 is 1. The monoisotopic (exact) mass is 383 g/mol. The Morgan fingerprint density at radius 1 is 0.893 bits per heavy atom. The largest absolute Gasteiger partial charge is 0.497 e. The van der Waals surface area contributed by atoms with Crippen LogP contribution >= 0.6 is 0 Å². The van der Waals surface area contributed by atoms with E-state index in [1.54, 1.807) is 53.3 Å². The highest BCUT2D eigenvalue weighted by atomic mass is 16.5. The lowest BCUT2D eigenvalue weighted by molar-refractivity contribution is 0.0535. The highest BCUT2D eigenvalue weighted by Gasteiger charge is 2.25. The van der Waals surface area contributed by atoms with Crippen molar-refractivity contribution in [2.24, 2.45) is 0 Å². The number of ether oxygens (including phenoxy) is 2. The molecule has 1 aliphatic heterocycles. The number of piperazine rings is 1. The van der Waals surface area contributed by atoms with Gasteiger partial charge in [0, 0.05) is 44.0 Å². The van der Waals surface area contributed by atoms with Gasteiger partial charge in [-0.1, -0.05) is 0 Å². The van der Waals surface area contributed by atoms with Gasteiger partial charge in [0.15, 0.2) is 0 Å². The Morgan fingerprint density at radius 2 is 1.43 bits per heavy atom. The molecule has 28 heavy (non-hydrogen) atoms. The second kappa shape index (κ2) is 8.73. The summed E-state index contributed by atoms with van der Waals surface area (Å²) in [6, 6.07) is 10.5. The Hall–Kier alpha value is -3.09. The fourth-order valence-corrected chi connectivity index (χ4v) is 3.03. The quantitative estimate of drug-likeness (QED) is 0.793. The average molecular weight is 383 g/mol. The van der Waals surface area contributed by atoms with Gasteiger partial charge in [-0.25, -0.2) is 4.98 Å². The van der Waals surface area contributed by atoms with Crippen LogP contribution in [0.25, 0.3) is 0 Å². The summed E-state index contributed by atoms with van der Waals surface area (Å²) < 4.78 is 10.6. The summed E-state index contributed by atoms with van der Waals surface area (Å²) in [5, 5.41) is 0. The van der Waals surface area contributed by atoms with Crippen molar-refractivity contribution in [3.8, 4) is 11.6 Å². The lowest BCUT2D eigenvalue weighted by atomic mass is 10.1. The van der Waals surface area contributed by atoms with Crippen LogP contribution in [0.15, 0.2) is 42.6 Å². The molecule has 7 nitrogen and oxygen atoms in total. The van der Waals surface area contributed by atoms with Crippen LogP contribution in [0.5, 0.6) is 11.6 Å². The number of carbonyl (C=O) groups is 2. The van der Waals surface area contributed by atoms with Gasteiger partial charge in [0.05, 0.1) is 18.8 Å². The van der Waals surface area contributed by atoms with E-state index in [-0.39, 0.29) is 17.9 Å². The number of rotatable bonds is 5. The van der Waals surface area contributed by atoms with Crippen LogP contribution in [0.2, 0.25) is 0 Å². The van der Waals surface area contributed by atoms with Crippen LogP contribution in [0.1, 0.15) is 34.6 Å². The Kier molecular flexibility index (Phi) is 6.13. The highest BCUT2D eigenvalue weighted by Crippen LogP contribution is 2.16. The summed E-state index contributed by atoms with van der Waals surface area (Å²) in [5.74, 6) is 1.10. The van der Waals surface area contributed by atoms with Crippen molar-refractivity contribution in [2.75, 3.05) is 33.3 Å². The summed E-state index contributed by atoms with van der Waals surface area (Å²) in [7, 11) is 1.59. The molecule has 0 aliphatic carbocycles. The van der Waals surface area contributed by atoms with E-state index in [0.29, 0.717) is 48.9 Å². The summed E-state index contributed by atoms with van der Waals surface area (Å²) in [6.07, 6.45) is 1.57. The second-order valence-corrected chi connectivity index (χ2v) is 6.86. The molecule has 0 bridgehead atoms. The molecule has 0 spiro atoms. The van der Waals surface area contributed by atoms with Crippen molar-refractivity contribution >= 4 is 11.8 Å². The highest BCUT2D eigenvalue weighted by molar-refractivity contribution is 5.96. The maximum atomic E-state index is 12.7. The number of carbonyl (C=O) groups excluding carboxylic acids is 2. The maximum Gasteiger partial charge on any atom is 0.255 e. The minimum absolute atomic E-state index is 0.0327. The number of benzene rings is 1. The normalized spacial score (nSPS) is 14.1. The zero-order valence-electron chi connectivity index (χ0n) is 16.4. The summed E-state index contributed by atoms with van der Waals surface area (Å²) in [6.45, 7) is 5.83. The standard InChI is InChI=1S/C21H25N3O4/c1-15(2)28-19-9-6-17(14-22-19)21(26)24-12-10-23(11-13-24)20(25)16-4-7-18(27-3)8-5-16/h4-9,14-15H,10-13H2,1-3H3. The number of pyridine rings is 1. The van der Waals surface area contributed by atoms with Crippen molar-refractivity contribution in [1.29, 1.82) is 0 Å². The van der Waals surface area contributed by atoms with Crippen LogP contribution in [-0.4, -0.2) is 66.0 Å². The van der Waals surface area contributed by atoms with Gasteiger partial charge in [0.2, 0.25) is 5.88 Å². The molecule has 0 unspecified atom stereocenters. The van der Waals surface area contributed by atoms with Gasteiger partial charge in [-0.2, -0.15) is 0 Å². The maximum absolute atomic E-state index is 12.7. The second-order valence-electron chi connectivity index (χ2n) is 6.86. The average Bonchev–Trinajstić information content (AvgIpc) is 2.73. The van der Waals surface area contributed by atoms with E-state index in [2.05, 4.69) is 4.98 Å². The molecule has 2 aromatic rings. The van der Waals surface area contributed by atoms with Crippen molar-refractivity contribution in [3.63, 3.8) is 0 Å². The van der Waals surface area contributed by atoms with Gasteiger partial charge in [0.1, 0.15) is 5.75 Å². The van der Waals surface area contributed by atoms with Gasteiger partial charge < -0.3 is 19.3 Å². The Morgan fingerprint density at radius 3 is 1.89 bits per heavy atom. The molecule has 0 radical (unpaired) electrons. The van der Waals surface area contributed by atoms with Gasteiger partial charge in [-0.05, 0) is 44.2 Å². The Balaban J connectivity index is 1.56. The van der Waals surface area contributed by atoms with Crippen LogP contribution in [0, 0.1) is 0 Å². The molecular formula is C21H25N3O4. The molecule has 0 atom stereocenters. The van der Waals surface area contributed by atoms with Gasteiger partial charge in [-0.15, -0.1) is 0 Å². The predicted octanol–water partition coefficient (Wildman–Crippen LogP) is 2.48. The van der Waals surface area contributed by atoms with E-state index >= 15 is 0 Å². The number of hydrogen-bond donors (Lipinski definition) is 0. The topological polar surface area (TPSA) is 72.0 Å². The molecular weight excluding hydrogens is 358 g/mol. The zero-order chi connectivity index (χ0) is 20.1. The fraction of sp³-hybridized carbons (Fsp3) is 0.381. The van der Waals surface area contributed by atoms with Gasteiger partial charge in [0.25, 0.3) is 11.8 Å². The molecule has 0 N–H and O–H groups in total. The molecule has 1 saturated heterocycles. The third-order valence-corrected chi connectivity index (χ3v) is 4.53. The third-order valence-electron chi connectivity index (χ3n) is 4.53. The van der Waals surface area contributed by atoms with Crippen molar-refractivity contribution in [3.05, 3.63) is 53.7 Å². The minimum atomic E-state index is -0.0832. The van der Waals surface area contributed by atoms with E-state index in [4.69, 9.17) is 9.47 Å². The minimum Gasteiger partial charge on any atom is -0.497 e. The van der Waals surface area contributed by atoms with Crippen LogP contribution in [-0.2, 0) is 0 Å². The third kappa shape index (κ3) is 4.60. The van der Waals surface area contributed by atoms with Crippen molar-refractivity contribution < 1.29 is 19.1 Å². The summed E-state index contributed by atoms with van der Waals surface area (Å²) >= 11 is 0. The van der Waals surface area contributed by atoms with E-state index in [0.717, 1.165) is 0 Å². The fourth-order valence-electron chi connectivity index (χ4n) is 3.03. The van der Waals surface area contributed by atoms with Gasteiger partial charge >= 0.3 is 0 Å². The van der Waals surface area contributed by atoms with Crippen molar-refractivity contribution in [1.82, 2.24) is 14.8 Å². The molecule has 1 fully saturated rings. The predicted molar refractivity (Wildman–Crippen MR) is 105 cm³/mol. The molecule has 7 heteroatoms. The first kappa shape index (κ1) is 19.7. The lowest BCUT2D eigenvalue weighted by Crippen LogP contribution is -2.50. The first-order valence-corrected chi connectivity index (χ1v) is 9.33. The first-order chi connectivity index (χ1) is 13.5. The van der Waals surface area contributed by atoms with Gasteiger partial charge in [-0.3, -0.25) is 9.59 Å². The molecule has 2 heterocycles. The summed E-state index contributed by atoms with van der Waals surface area (Å²) in [4.78, 5) is 33.0. The zero-order valence-corrected chi connectivity index (χ0v) is 16.4. The lowest BCUT2D eigenvalue weighted by Gasteiger charge is -2.34. The van der Waals surface area contributed by atoms with Crippen LogP contribution < -0.4 is 9.47 Å². The molecule has 3 rings (SSSR count). The molecule has 1 aromatic heterocycles. The molecule has 148 valence electrons. The SMILES string of the molecule is COc1ccc(C(=O)N2CCN(C(=O)c3ccc(OC(C)C)nc3)CC2)cc1.